The molecule has 7 nitrogen and oxygen atoms in total. The quantitative estimate of drug-likeness (QED) is 0.653. The number of rotatable bonds is 3. The van der Waals surface area contributed by atoms with Gasteiger partial charge in [-0.25, -0.2) is 13.1 Å². The average molecular weight is 298 g/mol. The molecule has 1 heterocycles. The summed E-state index contributed by atoms with van der Waals surface area (Å²) >= 11 is 0. The maximum Gasteiger partial charge on any atom is 0.242 e. The van der Waals surface area contributed by atoms with Crippen LogP contribution in [0.1, 0.15) is 6.42 Å². The zero-order valence-corrected chi connectivity index (χ0v) is 12.0. The number of benzene rings is 1. The molecular formula is C12H18N4O3S. The second kappa shape index (κ2) is 5.68. The van der Waals surface area contributed by atoms with Crippen molar-refractivity contribution in [2.75, 3.05) is 37.3 Å². The molecule has 1 fully saturated rings. The lowest BCUT2D eigenvalue weighted by molar-refractivity contribution is -0.120. The van der Waals surface area contributed by atoms with E-state index >= 15 is 0 Å². The Bertz CT molecular complexity index is 615. The predicted molar refractivity (Wildman–Crippen MR) is 76.9 cm³/mol. The van der Waals surface area contributed by atoms with Crippen LogP contribution in [0.2, 0.25) is 0 Å². The van der Waals surface area contributed by atoms with Gasteiger partial charge in [0.15, 0.2) is 0 Å². The molecule has 0 bridgehead atoms. The Labute approximate surface area is 118 Å². The highest BCUT2D eigenvalue weighted by Crippen LogP contribution is 2.27. The molecule has 0 saturated carbocycles. The smallest absolute Gasteiger partial charge is 0.242 e. The molecule has 0 aliphatic carbocycles. The molecule has 0 radical (unpaired) electrons. The lowest BCUT2D eigenvalue weighted by atomic mass is 10.2. The van der Waals surface area contributed by atoms with Crippen molar-refractivity contribution >= 4 is 27.3 Å². The number of hydrogen-bond acceptors (Lipinski definition) is 5. The standard InChI is InChI=1S/C12H18N4O3S/c1-14-20(18,19)11-8-9(13)2-3-10(11)16-6-4-12(17)15-5-7-16/h2-3,8,14H,4-7,13H2,1H3,(H,15,17). The number of hydrogen-bond donors (Lipinski definition) is 3. The molecule has 8 heteroatoms. The van der Waals surface area contributed by atoms with E-state index in [4.69, 9.17) is 5.73 Å². The minimum atomic E-state index is -3.60. The van der Waals surface area contributed by atoms with Crippen LogP contribution >= 0.6 is 0 Å². The van der Waals surface area contributed by atoms with E-state index in [1.54, 1.807) is 12.1 Å². The highest BCUT2D eigenvalue weighted by atomic mass is 32.2. The Morgan fingerprint density at radius 3 is 2.80 bits per heavy atom. The zero-order chi connectivity index (χ0) is 14.8. The van der Waals surface area contributed by atoms with Crippen molar-refractivity contribution in [3.05, 3.63) is 18.2 Å². The maximum absolute atomic E-state index is 12.1. The number of nitrogen functional groups attached to an aromatic ring is 1. The average Bonchev–Trinajstić information content (AvgIpc) is 2.63. The molecule has 1 aromatic rings. The van der Waals surface area contributed by atoms with Crippen LogP contribution in [0.5, 0.6) is 0 Å². The van der Waals surface area contributed by atoms with Crippen molar-refractivity contribution in [1.29, 1.82) is 0 Å². The second-order valence-electron chi connectivity index (χ2n) is 4.52. The van der Waals surface area contributed by atoms with Gasteiger partial charge in [-0.2, -0.15) is 0 Å². The van der Waals surface area contributed by atoms with Gasteiger partial charge in [0, 0.05) is 31.7 Å². The first kappa shape index (κ1) is 14.6. The number of nitrogens with one attached hydrogen (secondary N) is 2. The SMILES string of the molecule is CNS(=O)(=O)c1cc(N)ccc1N1CCNC(=O)CC1. The molecule has 1 aliphatic heterocycles. The minimum absolute atomic E-state index is 0.0269. The topological polar surface area (TPSA) is 105 Å². The first-order valence-corrected chi connectivity index (χ1v) is 7.77. The van der Waals surface area contributed by atoms with Gasteiger partial charge in [-0.15, -0.1) is 0 Å². The van der Waals surface area contributed by atoms with Gasteiger partial charge in [-0.3, -0.25) is 4.79 Å². The Morgan fingerprint density at radius 2 is 2.10 bits per heavy atom. The van der Waals surface area contributed by atoms with Gasteiger partial charge >= 0.3 is 0 Å². The van der Waals surface area contributed by atoms with E-state index in [9.17, 15) is 13.2 Å². The number of sulfonamides is 1. The largest absolute Gasteiger partial charge is 0.399 e. The fourth-order valence-electron chi connectivity index (χ4n) is 2.13. The highest BCUT2D eigenvalue weighted by molar-refractivity contribution is 7.89. The fourth-order valence-corrected chi connectivity index (χ4v) is 3.11. The van der Waals surface area contributed by atoms with Crippen molar-refractivity contribution < 1.29 is 13.2 Å². The molecule has 0 spiro atoms. The van der Waals surface area contributed by atoms with Gasteiger partial charge in [0.2, 0.25) is 15.9 Å². The van der Waals surface area contributed by atoms with Crippen LogP contribution < -0.4 is 20.7 Å². The number of nitrogens with zero attached hydrogens (tertiary/aromatic N) is 1. The van der Waals surface area contributed by atoms with Gasteiger partial charge in [-0.05, 0) is 25.2 Å². The van der Waals surface area contributed by atoms with Crippen molar-refractivity contribution in [1.82, 2.24) is 10.0 Å². The lowest BCUT2D eigenvalue weighted by Gasteiger charge is -2.24. The van der Waals surface area contributed by atoms with E-state index in [-0.39, 0.29) is 10.8 Å². The molecule has 0 unspecified atom stereocenters. The normalized spacial score (nSPS) is 16.6. The summed E-state index contributed by atoms with van der Waals surface area (Å²) in [6.45, 7) is 1.52. The van der Waals surface area contributed by atoms with Gasteiger partial charge < -0.3 is 16.0 Å². The minimum Gasteiger partial charge on any atom is -0.399 e. The summed E-state index contributed by atoms with van der Waals surface area (Å²) in [4.78, 5) is 13.4. The van der Waals surface area contributed by atoms with Crippen LogP contribution in [-0.2, 0) is 14.8 Å². The number of carbonyl (C=O) groups is 1. The van der Waals surface area contributed by atoms with Crippen LogP contribution in [0.25, 0.3) is 0 Å². The molecule has 0 atom stereocenters. The molecule has 20 heavy (non-hydrogen) atoms. The first-order valence-electron chi connectivity index (χ1n) is 6.29. The molecule has 1 aromatic carbocycles. The molecule has 110 valence electrons. The molecule has 0 aromatic heterocycles. The Hall–Kier alpha value is -1.80. The Kier molecular flexibility index (Phi) is 4.15. The monoisotopic (exact) mass is 298 g/mol. The van der Waals surface area contributed by atoms with Crippen LogP contribution in [0.15, 0.2) is 23.1 Å². The summed E-state index contributed by atoms with van der Waals surface area (Å²) in [5.74, 6) is -0.0269. The fraction of sp³-hybridized carbons (Fsp3) is 0.417. The van der Waals surface area contributed by atoms with Crippen molar-refractivity contribution in [3.63, 3.8) is 0 Å². The van der Waals surface area contributed by atoms with Crippen molar-refractivity contribution in [3.8, 4) is 0 Å². The number of amides is 1. The molecule has 2 rings (SSSR count). The number of carbonyl (C=O) groups excluding carboxylic acids is 1. The summed E-state index contributed by atoms with van der Waals surface area (Å²) < 4.78 is 26.5. The van der Waals surface area contributed by atoms with E-state index in [1.807, 2.05) is 4.90 Å². The van der Waals surface area contributed by atoms with E-state index in [2.05, 4.69) is 10.0 Å². The molecular weight excluding hydrogens is 280 g/mol. The lowest BCUT2D eigenvalue weighted by Crippen LogP contribution is -2.30. The summed E-state index contributed by atoms with van der Waals surface area (Å²) in [6.07, 6.45) is 0.337. The third-order valence-electron chi connectivity index (χ3n) is 3.20. The van der Waals surface area contributed by atoms with Crippen LogP contribution in [0.4, 0.5) is 11.4 Å². The summed E-state index contributed by atoms with van der Waals surface area (Å²) in [7, 11) is -2.25. The van der Waals surface area contributed by atoms with E-state index < -0.39 is 10.0 Å². The predicted octanol–water partition coefficient (Wildman–Crippen LogP) is -0.497. The first-order chi connectivity index (χ1) is 9.44. The molecule has 1 aliphatic rings. The van der Waals surface area contributed by atoms with E-state index in [0.717, 1.165) is 0 Å². The Balaban J connectivity index is 2.43. The van der Waals surface area contributed by atoms with Crippen LogP contribution in [-0.4, -0.2) is 41.0 Å². The van der Waals surface area contributed by atoms with Gasteiger partial charge in [0.05, 0.1) is 5.69 Å². The molecule has 1 amide bonds. The number of nitrogens with two attached hydrogens (primary N) is 1. The number of anilines is 2. The van der Waals surface area contributed by atoms with Crippen molar-refractivity contribution in [2.45, 2.75) is 11.3 Å². The van der Waals surface area contributed by atoms with Crippen LogP contribution in [0, 0.1) is 0 Å². The third-order valence-corrected chi connectivity index (χ3v) is 4.64. The summed E-state index contributed by atoms with van der Waals surface area (Å²) in [6, 6.07) is 4.76. The zero-order valence-electron chi connectivity index (χ0n) is 11.2. The van der Waals surface area contributed by atoms with Crippen molar-refractivity contribution in [2.24, 2.45) is 0 Å². The van der Waals surface area contributed by atoms with Gasteiger partial charge in [0.25, 0.3) is 0 Å². The Morgan fingerprint density at radius 1 is 1.35 bits per heavy atom. The molecule has 4 N–H and O–H groups in total. The van der Waals surface area contributed by atoms with Gasteiger partial charge in [0.1, 0.15) is 4.90 Å². The van der Waals surface area contributed by atoms with Gasteiger partial charge in [-0.1, -0.05) is 0 Å². The summed E-state index contributed by atoms with van der Waals surface area (Å²) in [5, 5.41) is 2.76. The van der Waals surface area contributed by atoms with Crippen LogP contribution in [0.3, 0.4) is 0 Å². The molecule has 1 saturated heterocycles. The second-order valence-corrected chi connectivity index (χ2v) is 6.38. The summed E-state index contributed by atoms with van der Waals surface area (Å²) in [5.41, 5.74) is 6.63. The highest BCUT2D eigenvalue weighted by Gasteiger charge is 2.22. The third kappa shape index (κ3) is 3.02. The van der Waals surface area contributed by atoms with E-state index in [0.29, 0.717) is 37.4 Å². The maximum atomic E-state index is 12.1. The van der Waals surface area contributed by atoms with E-state index in [1.165, 1.54) is 13.1 Å².